The standard InChI is InChI=1S/2C3H11N3/c2*4-1-3(6)2-5/h2*3H,1-2,4-6H2. The van der Waals surface area contributed by atoms with E-state index in [0.29, 0.717) is 26.2 Å². The molecule has 0 aromatic heterocycles. The van der Waals surface area contributed by atoms with Crippen LogP contribution in [0.4, 0.5) is 0 Å². The highest BCUT2D eigenvalue weighted by molar-refractivity contribution is 4.59. The minimum absolute atomic E-state index is 0.00926. The molecule has 0 aliphatic carbocycles. The number of hydrogen-bond acceptors (Lipinski definition) is 6. The van der Waals surface area contributed by atoms with E-state index in [1.54, 1.807) is 0 Å². The topological polar surface area (TPSA) is 156 Å². The van der Waals surface area contributed by atoms with Gasteiger partial charge in [-0.25, -0.2) is 0 Å². The van der Waals surface area contributed by atoms with Crippen molar-refractivity contribution in [2.45, 2.75) is 12.1 Å². The monoisotopic (exact) mass is 178 g/mol. The molecule has 76 valence electrons. The van der Waals surface area contributed by atoms with E-state index in [-0.39, 0.29) is 12.1 Å². The normalized spacial score (nSPS) is 10.0. The third-order valence-corrected chi connectivity index (χ3v) is 1.21. The van der Waals surface area contributed by atoms with Crippen LogP contribution < -0.4 is 34.4 Å². The van der Waals surface area contributed by atoms with Gasteiger partial charge >= 0.3 is 0 Å². The van der Waals surface area contributed by atoms with Gasteiger partial charge in [-0.1, -0.05) is 0 Å². The van der Waals surface area contributed by atoms with Crippen molar-refractivity contribution < 1.29 is 0 Å². The molecule has 0 aliphatic rings. The Morgan fingerprint density at radius 1 is 0.583 bits per heavy atom. The molecule has 0 amide bonds. The molecule has 0 bridgehead atoms. The predicted octanol–water partition coefficient (Wildman–Crippen LogP) is -3.54. The Morgan fingerprint density at radius 2 is 0.750 bits per heavy atom. The van der Waals surface area contributed by atoms with Crippen molar-refractivity contribution in [1.29, 1.82) is 0 Å². The lowest BCUT2D eigenvalue weighted by atomic mass is 10.3. The van der Waals surface area contributed by atoms with Gasteiger partial charge in [0.15, 0.2) is 0 Å². The van der Waals surface area contributed by atoms with Crippen LogP contribution in [0.5, 0.6) is 0 Å². The third kappa shape index (κ3) is 12.4. The first kappa shape index (κ1) is 14.3. The Labute approximate surface area is 73.6 Å². The molecule has 6 heteroatoms. The smallest absolute Gasteiger partial charge is 0.0287 e. The van der Waals surface area contributed by atoms with Crippen molar-refractivity contribution in [2.75, 3.05) is 26.2 Å². The summed E-state index contributed by atoms with van der Waals surface area (Å²) in [5.74, 6) is 0. The van der Waals surface area contributed by atoms with Crippen molar-refractivity contribution in [3.05, 3.63) is 0 Å². The van der Waals surface area contributed by atoms with Crippen LogP contribution in [0.1, 0.15) is 0 Å². The van der Waals surface area contributed by atoms with Gasteiger partial charge in [-0.2, -0.15) is 0 Å². The van der Waals surface area contributed by atoms with Crippen molar-refractivity contribution in [2.24, 2.45) is 34.4 Å². The van der Waals surface area contributed by atoms with Crippen molar-refractivity contribution in [3.8, 4) is 0 Å². The fraction of sp³-hybridized carbons (Fsp3) is 1.00. The molecular weight excluding hydrogens is 156 g/mol. The van der Waals surface area contributed by atoms with Gasteiger partial charge in [0.1, 0.15) is 0 Å². The van der Waals surface area contributed by atoms with Crippen LogP contribution in [0.2, 0.25) is 0 Å². The third-order valence-electron chi connectivity index (χ3n) is 1.21. The van der Waals surface area contributed by atoms with Crippen molar-refractivity contribution >= 4 is 0 Å². The second-order valence-electron chi connectivity index (χ2n) is 2.46. The average molecular weight is 178 g/mol. The second kappa shape index (κ2) is 10.8. The molecule has 0 aromatic rings. The van der Waals surface area contributed by atoms with Gasteiger partial charge in [-0.3, -0.25) is 0 Å². The lowest BCUT2D eigenvalue weighted by Crippen LogP contribution is -2.36. The number of rotatable bonds is 4. The molecule has 0 unspecified atom stereocenters. The molecule has 6 nitrogen and oxygen atoms in total. The summed E-state index contributed by atoms with van der Waals surface area (Å²) in [7, 11) is 0. The van der Waals surface area contributed by atoms with Gasteiger partial charge in [0.05, 0.1) is 0 Å². The summed E-state index contributed by atoms with van der Waals surface area (Å²) in [6.45, 7) is 1.93. The zero-order chi connectivity index (χ0) is 9.98. The van der Waals surface area contributed by atoms with E-state index in [0.717, 1.165) is 0 Å². The van der Waals surface area contributed by atoms with E-state index in [2.05, 4.69) is 0 Å². The molecule has 0 aromatic carbocycles. The molecule has 0 rings (SSSR count). The molecule has 12 heavy (non-hydrogen) atoms. The highest BCUT2D eigenvalue weighted by Crippen LogP contribution is 1.60. The van der Waals surface area contributed by atoms with Gasteiger partial charge in [-0.15, -0.1) is 0 Å². The zero-order valence-electron chi connectivity index (χ0n) is 7.45. The molecule has 0 atom stereocenters. The first-order valence-electron chi connectivity index (χ1n) is 3.93. The molecular formula is C6H22N6. The van der Waals surface area contributed by atoms with E-state index in [9.17, 15) is 0 Å². The summed E-state index contributed by atoms with van der Waals surface area (Å²) in [5.41, 5.74) is 30.8. The molecule has 0 fully saturated rings. The maximum absolute atomic E-state index is 5.22. The highest BCUT2D eigenvalue weighted by Gasteiger charge is 1.89. The SMILES string of the molecule is NCC(N)CN.NCC(N)CN. The van der Waals surface area contributed by atoms with Gasteiger partial charge in [0, 0.05) is 38.3 Å². The summed E-state index contributed by atoms with van der Waals surface area (Å²) in [5, 5.41) is 0. The number of nitrogens with two attached hydrogens (primary N) is 6. The molecule has 0 radical (unpaired) electrons. The fourth-order valence-electron chi connectivity index (χ4n) is 0.192. The molecule has 0 heterocycles. The summed E-state index contributed by atoms with van der Waals surface area (Å²) in [6.07, 6.45) is 0. The van der Waals surface area contributed by atoms with Crippen LogP contribution in [-0.4, -0.2) is 38.3 Å². The molecule has 12 N–H and O–H groups in total. The van der Waals surface area contributed by atoms with Gasteiger partial charge in [-0.05, 0) is 0 Å². The Hall–Kier alpha value is -0.240. The average Bonchev–Trinajstić information content (AvgIpc) is 2.16. The van der Waals surface area contributed by atoms with E-state index < -0.39 is 0 Å². The van der Waals surface area contributed by atoms with Crippen LogP contribution in [0.25, 0.3) is 0 Å². The summed E-state index contributed by atoms with van der Waals surface area (Å²) < 4.78 is 0. The summed E-state index contributed by atoms with van der Waals surface area (Å²) in [4.78, 5) is 0. The quantitative estimate of drug-likeness (QED) is 0.262. The second-order valence-corrected chi connectivity index (χ2v) is 2.46. The predicted molar refractivity (Wildman–Crippen MR) is 52.2 cm³/mol. The summed E-state index contributed by atoms with van der Waals surface area (Å²) >= 11 is 0. The molecule has 0 saturated heterocycles. The summed E-state index contributed by atoms with van der Waals surface area (Å²) in [6, 6.07) is -0.0185. The van der Waals surface area contributed by atoms with Crippen LogP contribution in [0.15, 0.2) is 0 Å². The van der Waals surface area contributed by atoms with E-state index in [1.807, 2.05) is 0 Å². The first-order valence-corrected chi connectivity index (χ1v) is 3.93. The Morgan fingerprint density at radius 3 is 0.750 bits per heavy atom. The van der Waals surface area contributed by atoms with Gasteiger partial charge < -0.3 is 34.4 Å². The first-order chi connectivity index (χ1) is 5.62. The Kier molecular flexibility index (Phi) is 12.8. The molecule has 0 spiro atoms. The van der Waals surface area contributed by atoms with Crippen LogP contribution >= 0.6 is 0 Å². The van der Waals surface area contributed by atoms with Crippen molar-refractivity contribution in [3.63, 3.8) is 0 Å². The van der Waals surface area contributed by atoms with Gasteiger partial charge in [0.25, 0.3) is 0 Å². The fourth-order valence-corrected chi connectivity index (χ4v) is 0.192. The van der Waals surface area contributed by atoms with Gasteiger partial charge in [0.2, 0.25) is 0 Å². The Balaban J connectivity index is 0. The molecule has 0 saturated carbocycles. The zero-order valence-corrected chi connectivity index (χ0v) is 7.45. The van der Waals surface area contributed by atoms with Crippen LogP contribution in [0, 0.1) is 0 Å². The maximum Gasteiger partial charge on any atom is 0.0287 e. The maximum atomic E-state index is 5.22. The van der Waals surface area contributed by atoms with E-state index in [1.165, 1.54) is 0 Å². The minimum Gasteiger partial charge on any atom is -0.329 e. The number of hydrogen-bond donors (Lipinski definition) is 6. The van der Waals surface area contributed by atoms with E-state index in [4.69, 9.17) is 34.4 Å². The van der Waals surface area contributed by atoms with E-state index >= 15 is 0 Å². The van der Waals surface area contributed by atoms with Crippen LogP contribution in [0.3, 0.4) is 0 Å². The highest BCUT2D eigenvalue weighted by atomic mass is 14.8. The lowest BCUT2D eigenvalue weighted by molar-refractivity contribution is 0.692. The Bertz CT molecular complexity index is 60.4. The van der Waals surface area contributed by atoms with Crippen LogP contribution in [-0.2, 0) is 0 Å². The minimum atomic E-state index is -0.00926. The largest absolute Gasteiger partial charge is 0.329 e. The lowest BCUT2D eigenvalue weighted by Gasteiger charge is -1.99. The van der Waals surface area contributed by atoms with Crippen molar-refractivity contribution in [1.82, 2.24) is 0 Å². The molecule has 0 aliphatic heterocycles.